The monoisotopic (exact) mass is 254 g/mol. The van der Waals surface area contributed by atoms with Gasteiger partial charge in [0.05, 0.1) is 0 Å². The van der Waals surface area contributed by atoms with Crippen LogP contribution in [0.3, 0.4) is 0 Å². The maximum absolute atomic E-state index is 11.5. The number of rotatable bonds is 1. The molecule has 0 unspecified atom stereocenters. The lowest BCUT2D eigenvalue weighted by Crippen LogP contribution is -2.16. The lowest BCUT2D eigenvalue weighted by atomic mass is 10.2. The van der Waals surface area contributed by atoms with Gasteiger partial charge in [0.15, 0.2) is 0 Å². The molecule has 2 aromatic carbocycles. The standard InChI is InChI=1S/C7H5F3O.C7H8/c8-7(9,10)11-6-4-2-1-3-5-6;1-7-5-3-2-4-6-7/h1-5H;2-6H,1H3. The molecule has 0 radical (unpaired) electrons. The Bertz CT molecular complexity index is 438. The van der Waals surface area contributed by atoms with Crippen molar-refractivity contribution in [2.45, 2.75) is 13.3 Å². The van der Waals surface area contributed by atoms with E-state index < -0.39 is 6.36 Å². The Balaban J connectivity index is 0.000000199. The molecule has 0 aromatic heterocycles. The van der Waals surface area contributed by atoms with E-state index >= 15 is 0 Å². The first kappa shape index (κ1) is 14.1. The van der Waals surface area contributed by atoms with Gasteiger partial charge in [-0.05, 0) is 19.1 Å². The minimum absolute atomic E-state index is 0.194. The Morgan fingerprint density at radius 2 is 1.22 bits per heavy atom. The highest BCUT2D eigenvalue weighted by Crippen LogP contribution is 2.21. The molecule has 0 saturated heterocycles. The van der Waals surface area contributed by atoms with Crippen LogP contribution in [0.5, 0.6) is 5.75 Å². The second kappa shape index (κ2) is 6.69. The molecule has 0 N–H and O–H groups in total. The molecule has 0 saturated carbocycles. The highest BCUT2D eigenvalue weighted by Gasteiger charge is 2.30. The second-order valence-corrected chi connectivity index (χ2v) is 3.52. The zero-order valence-corrected chi connectivity index (χ0v) is 9.82. The SMILES string of the molecule is Cc1ccccc1.FC(F)(F)Oc1ccccc1. The van der Waals surface area contributed by atoms with Gasteiger partial charge < -0.3 is 4.74 Å². The highest BCUT2D eigenvalue weighted by atomic mass is 19.4. The summed E-state index contributed by atoms with van der Waals surface area (Å²) in [4.78, 5) is 0. The molecule has 0 aliphatic carbocycles. The van der Waals surface area contributed by atoms with Crippen LogP contribution in [-0.4, -0.2) is 6.36 Å². The van der Waals surface area contributed by atoms with E-state index in [2.05, 4.69) is 23.8 Å². The van der Waals surface area contributed by atoms with Gasteiger partial charge in [-0.2, -0.15) is 0 Å². The maximum atomic E-state index is 11.5. The zero-order chi connectivity index (χ0) is 13.4. The molecular formula is C14H13F3O. The predicted octanol–water partition coefficient (Wildman–Crippen LogP) is 4.58. The summed E-state index contributed by atoms with van der Waals surface area (Å²) in [5.74, 6) is -0.194. The molecule has 0 aliphatic heterocycles. The molecular weight excluding hydrogens is 241 g/mol. The number of benzene rings is 2. The van der Waals surface area contributed by atoms with E-state index in [-0.39, 0.29) is 5.75 Å². The van der Waals surface area contributed by atoms with Crippen LogP contribution < -0.4 is 4.74 Å². The van der Waals surface area contributed by atoms with Crippen molar-refractivity contribution in [1.82, 2.24) is 0 Å². The van der Waals surface area contributed by atoms with Crippen molar-refractivity contribution in [2.24, 2.45) is 0 Å². The number of halogens is 3. The first-order valence-corrected chi connectivity index (χ1v) is 5.30. The Kier molecular flexibility index (Phi) is 5.24. The van der Waals surface area contributed by atoms with Gasteiger partial charge in [0, 0.05) is 0 Å². The lowest BCUT2D eigenvalue weighted by Gasteiger charge is -2.07. The number of alkyl halides is 3. The van der Waals surface area contributed by atoms with E-state index in [1.54, 1.807) is 6.07 Å². The zero-order valence-electron chi connectivity index (χ0n) is 9.82. The first-order chi connectivity index (χ1) is 8.47. The van der Waals surface area contributed by atoms with Crippen LogP contribution in [0.15, 0.2) is 60.7 Å². The molecule has 0 aliphatic rings. The third-order valence-corrected chi connectivity index (χ3v) is 1.92. The van der Waals surface area contributed by atoms with Crippen molar-refractivity contribution >= 4 is 0 Å². The minimum Gasteiger partial charge on any atom is -0.406 e. The van der Waals surface area contributed by atoms with Crippen LogP contribution in [0.25, 0.3) is 0 Å². The summed E-state index contributed by atoms with van der Waals surface area (Å²) in [7, 11) is 0. The fourth-order valence-electron chi connectivity index (χ4n) is 1.16. The van der Waals surface area contributed by atoms with Crippen LogP contribution in [-0.2, 0) is 0 Å². The summed E-state index contributed by atoms with van der Waals surface area (Å²) < 4.78 is 38.2. The van der Waals surface area contributed by atoms with Crippen LogP contribution in [0.2, 0.25) is 0 Å². The van der Waals surface area contributed by atoms with Gasteiger partial charge in [0.1, 0.15) is 5.75 Å². The first-order valence-electron chi connectivity index (χ1n) is 5.30. The molecule has 96 valence electrons. The summed E-state index contributed by atoms with van der Waals surface area (Å²) in [6.07, 6.45) is -4.60. The molecule has 2 aromatic rings. The van der Waals surface area contributed by atoms with E-state index in [0.29, 0.717) is 0 Å². The molecule has 18 heavy (non-hydrogen) atoms. The molecule has 0 fully saturated rings. The number of para-hydroxylation sites is 1. The fraction of sp³-hybridized carbons (Fsp3) is 0.143. The van der Waals surface area contributed by atoms with Gasteiger partial charge in [0.25, 0.3) is 0 Å². The van der Waals surface area contributed by atoms with Gasteiger partial charge in [0.2, 0.25) is 0 Å². The van der Waals surface area contributed by atoms with Gasteiger partial charge in [-0.3, -0.25) is 0 Å². The Labute approximate surface area is 104 Å². The molecule has 0 spiro atoms. The van der Waals surface area contributed by atoms with Crippen LogP contribution in [0, 0.1) is 6.92 Å². The van der Waals surface area contributed by atoms with Gasteiger partial charge in [-0.25, -0.2) is 0 Å². The quantitative estimate of drug-likeness (QED) is 0.723. The minimum atomic E-state index is -4.60. The lowest BCUT2D eigenvalue weighted by molar-refractivity contribution is -0.274. The number of ether oxygens (including phenoxy) is 1. The molecule has 4 heteroatoms. The number of hydrogen-bond acceptors (Lipinski definition) is 1. The average Bonchev–Trinajstić information content (AvgIpc) is 2.30. The summed E-state index contributed by atoms with van der Waals surface area (Å²) in [5, 5.41) is 0. The van der Waals surface area contributed by atoms with Crippen LogP contribution in [0.4, 0.5) is 13.2 Å². The molecule has 2 rings (SSSR count). The van der Waals surface area contributed by atoms with Crippen LogP contribution in [0.1, 0.15) is 5.56 Å². The van der Waals surface area contributed by atoms with Gasteiger partial charge >= 0.3 is 6.36 Å². The van der Waals surface area contributed by atoms with Crippen molar-refractivity contribution in [1.29, 1.82) is 0 Å². The Hall–Kier alpha value is -1.97. The molecule has 0 bridgehead atoms. The second-order valence-electron chi connectivity index (χ2n) is 3.52. The van der Waals surface area contributed by atoms with E-state index in [1.165, 1.54) is 29.8 Å². The molecule has 0 amide bonds. The van der Waals surface area contributed by atoms with Gasteiger partial charge in [-0.1, -0.05) is 54.1 Å². The Morgan fingerprint density at radius 1 is 0.778 bits per heavy atom. The normalized spacial score (nSPS) is 10.2. The van der Waals surface area contributed by atoms with Crippen molar-refractivity contribution in [3.63, 3.8) is 0 Å². The van der Waals surface area contributed by atoms with E-state index in [1.807, 2.05) is 18.2 Å². The van der Waals surface area contributed by atoms with Crippen molar-refractivity contribution in [3.8, 4) is 5.75 Å². The van der Waals surface area contributed by atoms with E-state index in [9.17, 15) is 13.2 Å². The topological polar surface area (TPSA) is 9.23 Å². The fourth-order valence-corrected chi connectivity index (χ4v) is 1.16. The van der Waals surface area contributed by atoms with Crippen LogP contribution >= 0.6 is 0 Å². The van der Waals surface area contributed by atoms with Crippen molar-refractivity contribution < 1.29 is 17.9 Å². The van der Waals surface area contributed by atoms with E-state index in [0.717, 1.165) is 0 Å². The third-order valence-electron chi connectivity index (χ3n) is 1.92. The molecule has 0 heterocycles. The smallest absolute Gasteiger partial charge is 0.406 e. The maximum Gasteiger partial charge on any atom is 0.573 e. The number of hydrogen-bond donors (Lipinski definition) is 0. The molecule has 0 atom stereocenters. The summed E-state index contributed by atoms with van der Waals surface area (Å²) in [6.45, 7) is 2.08. The third kappa shape index (κ3) is 6.58. The molecule has 1 nitrogen and oxygen atoms in total. The van der Waals surface area contributed by atoms with E-state index in [4.69, 9.17) is 0 Å². The highest BCUT2D eigenvalue weighted by molar-refractivity contribution is 5.21. The summed E-state index contributed by atoms with van der Waals surface area (Å²) in [5.41, 5.74) is 1.32. The van der Waals surface area contributed by atoms with Crippen molar-refractivity contribution in [3.05, 3.63) is 66.2 Å². The van der Waals surface area contributed by atoms with Crippen molar-refractivity contribution in [2.75, 3.05) is 0 Å². The average molecular weight is 254 g/mol. The van der Waals surface area contributed by atoms with Gasteiger partial charge in [-0.15, -0.1) is 13.2 Å². The summed E-state index contributed by atoms with van der Waals surface area (Å²) in [6, 6.07) is 17.3. The Morgan fingerprint density at radius 3 is 1.56 bits per heavy atom. The predicted molar refractivity (Wildman–Crippen MR) is 64.3 cm³/mol. The number of aryl methyl sites for hydroxylation is 1. The summed E-state index contributed by atoms with van der Waals surface area (Å²) >= 11 is 0. The largest absolute Gasteiger partial charge is 0.573 e.